The number of amides is 2. The van der Waals surface area contributed by atoms with Crippen molar-refractivity contribution >= 4 is 23.6 Å². The molecule has 0 N–H and O–H groups in total. The highest BCUT2D eigenvalue weighted by molar-refractivity contribution is 6.19. The molecule has 0 spiro atoms. The van der Waals surface area contributed by atoms with Crippen LogP contribution in [0.5, 0.6) is 5.75 Å². The van der Waals surface area contributed by atoms with Crippen LogP contribution >= 0.6 is 0 Å². The van der Waals surface area contributed by atoms with Gasteiger partial charge in [0.05, 0.1) is 30.4 Å². The number of nitrogens with zero attached hydrogens (tertiary/aromatic N) is 5. The minimum Gasteiger partial charge on any atom is -0.490 e. The molecule has 202 valence electrons. The predicted molar refractivity (Wildman–Crippen MR) is 144 cm³/mol. The van der Waals surface area contributed by atoms with Gasteiger partial charge in [-0.1, -0.05) is 18.2 Å². The molecule has 11 heteroatoms. The maximum atomic E-state index is 13.7. The average molecular weight is 540 g/mol. The number of imide groups is 1. The number of hydrogen-bond acceptors (Lipinski definition) is 8. The topological polar surface area (TPSA) is 141 Å². The summed E-state index contributed by atoms with van der Waals surface area (Å²) in [4.78, 5) is 38.9. The first-order chi connectivity index (χ1) is 19.3. The number of nitro groups is 1. The van der Waals surface area contributed by atoms with Gasteiger partial charge >= 0.3 is 5.69 Å². The lowest BCUT2D eigenvalue weighted by molar-refractivity contribution is -0.385. The van der Waals surface area contributed by atoms with Crippen LogP contribution in [-0.4, -0.2) is 57.8 Å². The summed E-state index contributed by atoms with van der Waals surface area (Å²) in [6.45, 7) is 2.16. The average Bonchev–Trinajstić information content (AvgIpc) is 3.64. The predicted octanol–water partition coefficient (Wildman–Crippen LogP) is 4.23. The Balaban J connectivity index is 1.67. The number of hydrogen-bond donors (Lipinski definition) is 0. The third-order valence-corrected chi connectivity index (χ3v) is 6.95. The second kappa shape index (κ2) is 11.0. The quantitative estimate of drug-likeness (QED) is 0.188. The van der Waals surface area contributed by atoms with Gasteiger partial charge in [-0.3, -0.25) is 24.6 Å². The molecule has 1 unspecified atom stereocenters. The summed E-state index contributed by atoms with van der Waals surface area (Å²) >= 11 is 0. The van der Waals surface area contributed by atoms with Crippen molar-refractivity contribution in [1.29, 1.82) is 5.26 Å². The van der Waals surface area contributed by atoms with Crippen LogP contribution < -0.4 is 4.74 Å². The lowest BCUT2D eigenvalue weighted by Gasteiger charge is -2.29. The van der Waals surface area contributed by atoms with E-state index in [2.05, 4.69) is 0 Å². The number of carbonyl (C=O) groups excluding carboxylic acids is 2. The molecular weight excluding hydrogens is 514 g/mol. The van der Waals surface area contributed by atoms with E-state index in [0.29, 0.717) is 29.8 Å². The molecule has 0 bridgehead atoms. The Morgan fingerprint density at radius 2 is 2.00 bits per heavy atom. The molecule has 11 nitrogen and oxygen atoms in total. The van der Waals surface area contributed by atoms with E-state index in [0.717, 1.165) is 17.0 Å². The van der Waals surface area contributed by atoms with Crippen LogP contribution in [0.1, 0.15) is 25.3 Å². The van der Waals surface area contributed by atoms with Crippen molar-refractivity contribution in [1.82, 2.24) is 14.7 Å². The molecule has 40 heavy (non-hydrogen) atoms. The van der Waals surface area contributed by atoms with Crippen molar-refractivity contribution < 1.29 is 24.0 Å². The maximum Gasteiger partial charge on any atom is 0.311 e. The second-order valence-electron chi connectivity index (χ2n) is 9.38. The minimum atomic E-state index is -0.649. The Hall–Kier alpha value is -5.08. The molecule has 0 radical (unpaired) electrons. The highest BCUT2D eigenvalue weighted by atomic mass is 16.6. The van der Waals surface area contributed by atoms with Crippen LogP contribution in [0.2, 0.25) is 0 Å². The first-order valence-corrected chi connectivity index (χ1v) is 12.6. The monoisotopic (exact) mass is 539 g/mol. The Labute approximate surface area is 229 Å². The summed E-state index contributed by atoms with van der Waals surface area (Å²) in [5, 5.41) is 26.2. The molecular formula is C29H25N5O6. The molecule has 2 amide bonds. The van der Waals surface area contributed by atoms with E-state index in [1.807, 2.05) is 36.4 Å². The van der Waals surface area contributed by atoms with E-state index in [1.54, 1.807) is 29.9 Å². The van der Waals surface area contributed by atoms with E-state index < -0.39 is 16.7 Å². The summed E-state index contributed by atoms with van der Waals surface area (Å²) in [6.07, 6.45) is 4.52. The minimum absolute atomic E-state index is 0.0499. The van der Waals surface area contributed by atoms with Gasteiger partial charge in [-0.2, -0.15) is 10.4 Å². The van der Waals surface area contributed by atoms with Crippen LogP contribution in [0.25, 0.3) is 23.0 Å². The number of carbonyl (C=O) groups is 2. The third-order valence-electron chi connectivity index (χ3n) is 6.95. The number of para-hydroxylation sites is 1. The van der Waals surface area contributed by atoms with Gasteiger partial charge in [-0.25, -0.2) is 4.68 Å². The lowest BCUT2D eigenvalue weighted by Crippen LogP contribution is -2.46. The van der Waals surface area contributed by atoms with Gasteiger partial charge in [0.2, 0.25) is 0 Å². The van der Waals surface area contributed by atoms with Gasteiger partial charge in [0.15, 0.2) is 5.75 Å². The van der Waals surface area contributed by atoms with Crippen LogP contribution in [0, 0.1) is 21.4 Å². The first-order valence-electron chi connectivity index (χ1n) is 12.6. The Morgan fingerprint density at radius 1 is 1.23 bits per heavy atom. The number of benzene rings is 2. The van der Waals surface area contributed by atoms with Gasteiger partial charge in [0.1, 0.15) is 17.3 Å². The van der Waals surface area contributed by atoms with E-state index in [4.69, 9.17) is 14.6 Å². The van der Waals surface area contributed by atoms with Crippen molar-refractivity contribution in [2.45, 2.75) is 25.9 Å². The van der Waals surface area contributed by atoms with E-state index >= 15 is 0 Å². The zero-order valence-electron chi connectivity index (χ0n) is 21.9. The number of nitriles is 1. The summed E-state index contributed by atoms with van der Waals surface area (Å²) in [7, 11) is 1.35. The third kappa shape index (κ3) is 4.88. The highest BCUT2D eigenvalue weighted by Gasteiger charge is 2.37. The fourth-order valence-electron chi connectivity index (χ4n) is 4.85. The zero-order chi connectivity index (χ0) is 28.4. The molecule has 2 aliphatic heterocycles. The van der Waals surface area contributed by atoms with Crippen LogP contribution in [0.4, 0.5) is 5.69 Å². The van der Waals surface area contributed by atoms with Crippen LogP contribution in [-0.2, 0) is 14.3 Å². The van der Waals surface area contributed by atoms with Crippen LogP contribution in [0.15, 0.2) is 71.4 Å². The molecule has 0 aliphatic carbocycles. The molecule has 5 rings (SSSR count). The lowest BCUT2D eigenvalue weighted by atomic mass is 9.93. The molecule has 3 aromatic rings. The molecule has 1 aromatic heterocycles. The number of nitro benzene ring substituents is 1. The van der Waals surface area contributed by atoms with Crippen molar-refractivity contribution in [3.05, 3.63) is 87.1 Å². The van der Waals surface area contributed by atoms with Crippen molar-refractivity contribution in [2.75, 3.05) is 20.3 Å². The Morgan fingerprint density at radius 3 is 2.65 bits per heavy atom. The van der Waals surface area contributed by atoms with E-state index in [9.17, 15) is 25.0 Å². The number of aromatic nitrogens is 2. The SMILES string of the molecule is COc1ccc(-c2nn(-c3ccccc3)cc2/C=C2/C(=O)N(CC3CCCO3)C(=O)C(C#N)=C2C)cc1[N+](=O)[O-]. The number of ether oxygens (including phenoxy) is 2. The maximum absolute atomic E-state index is 13.7. The highest BCUT2D eigenvalue weighted by Crippen LogP contribution is 2.35. The summed E-state index contributed by atoms with van der Waals surface area (Å²) in [5.41, 5.74) is 2.03. The Kier molecular flexibility index (Phi) is 7.27. The van der Waals surface area contributed by atoms with Crippen molar-refractivity contribution in [3.63, 3.8) is 0 Å². The first kappa shape index (κ1) is 26.5. The molecule has 3 heterocycles. The van der Waals surface area contributed by atoms with Crippen molar-refractivity contribution in [2.24, 2.45) is 0 Å². The molecule has 1 fully saturated rings. The number of rotatable bonds is 7. The molecule has 0 saturated carbocycles. The molecule has 2 aromatic carbocycles. The summed E-state index contributed by atoms with van der Waals surface area (Å²) in [6, 6.07) is 15.7. The van der Waals surface area contributed by atoms with Gasteiger partial charge in [-0.05, 0) is 55.7 Å². The molecule has 2 aliphatic rings. The smallest absolute Gasteiger partial charge is 0.311 e. The van der Waals surface area contributed by atoms with Crippen molar-refractivity contribution in [3.8, 4) is 28.8 Å². The fourth-order valence-corrected chi connectivity index (χ4v) is 4.85. The fraction of sp³-hybridized carbons (Fsp3) is 0.241. The largest absolute Gasteiger partial charge is 0.490 e. The molecule has 1 saturated heterocycles. The molecule has 1 atom stereocenters. The normalized spacial score (nSPS) is 18.4. The van der Waals surface area contributed by atoms with E-state index in [-0.39, 0.29) is 40.8 Å². The van der Waals surface area contributed by atoms with Crippen LogP contribution in [0.3, 0.4) is 0 Å². The Bertz CT molecular complexity index is 1610. The second-order valence-corrected chi connectivity index (χ2v) is 9.38. The van der Waals surface area contributed by atoms with Gasteiger partial charge in [-0.15, -0.1) is 0 Å². The van der Waals surface area contributed by atoms with Gasteiger partial charge in [0, 0.05) is 35.6 Å². The zero-order valence-corrected chi connectivity index (χ0v) is 21.9. The van der Waals surface area contributed by atoms with Gasteiger partial charge < -0.3 is 9.47 Å². The van der Waals surface area contributed by atoms with Gasteiger partial charge in [0.25, 0.3) is 11.8 Å². The van der Waals surface area contributed by atoms with E-state index in [1.165, 1.54) is 19.2 Å². The summed E-state index contributed by atoms with van der Waals surface area (Å²) in [5.74, 6) is -1.10. The number of methoxy groups -OCH3 is 1. The summed E-state index contributed by atoms with van der Waals surface area (Å²) < 4.78 is 12.4. The standard InChI is InChI=1S/C29H25N5O6/c1-18-23(28(35)32(29(36)24(18)15-30)17-22-9-6-12-40-22)13-20-16-33(21-7-4-3-5-8-21)31-27(20)19-10-11-26(39-2)25(14-19)34(37)38/h3-5,7-8,10-11,13-14,16,22H,6,9,12,17H2,1-2H3/b23-13+.